The van der Waals surface area contributed by atoms with Crippen molar-refractivity contribution in [3.63, 3.8) is 0 Å². The van der Waals surface area contributed by atoms with Crippen LogP contribution >= 0.6 is 15.9 Å². The summed E-state index contributed by atoms with van der Waals surface area (Å²) in [6.45, 7) is 8.13. The van der Waals surface area contributed by atoms with Crippen molar-refractivity contribution < 1.29 is 9.53 Å². The second-order valence-corrected chi connectivity index (χ2v) is 7.55. The van der Waals surface area contributed by atoms with Crippen LogP contribution in [0.25, 0.3) is 0 Å². The highest BCUT2D eigenvalue weighted by molar-refractivity contribution is 9.10. The Morgan fingerprint density at radius 2 is 2.10 bits per heavy atom. The summed E-state index contributed by atoms with van der Waals surface area (Å²) in [7, 11) is 0. The Morgan fingerprint density at radius 3 is 2.80 bits per heavy atom. The summed E-state index contributed by atoms with van der Waals surface area (Å²) in [5, 5.41) is 0. The molecule has 1 aromatic heterocycles. The molecule has 3 rings (SSSR count). The molecule has 110 valence electrons. The number of likely N-dealkylation sites (tertiary alicyclic amines) is 1. The average molecular weight is 342 g/mol. The molecule has 1 unspecified atom stereocenters. The molecule has 0 N–H and O–H groups in total. The molecule has 1 atom stereocenters. The van der Waals surface area contributed by atoms with E-state index in [-0.39, 0.29) is 11.5 Å². The normalized spacial score (nSPS) is 25.3. The maximum absolute atomic E-state index is 12.2. The van der Waals surface area contributed by atoms with Crippen molar-refractivity contribution in [1.29, 1.82) is 0 Å². The lowest BCUT2D eigenvalue weighted by molar-refractivity contribution is 0.0284. The van der Waals surface area contributed by atoms with Crippen LogP contribution in [-0.2, 0) is 16.7 Å². The maximum Gasteiger partial charge on any atom is 0.410 e. The van der Waals surface area contributed by atoms with E-state index in [9.17, 15) is 4.79 Å². The highest BCUT2D eigenvalue weighted by Gasteiger charge is 2.48. The highest BCUT2D eigenvalue weighted by atomic mass is 79.9. The Hall–Kier alpha value is -1.04. The number of carbonyl (C=O) groups excluding carboxylic acids is 1. The molecule has 3 heterocycles. The molecule has 1 saturated heterocycles. The smallest absolute Gasteiger partial charge is 0.410 e. The first kappa shape index (κ1) is 13.9. The van der Waals surface area contributed by atoms with Gasteiger partial charge in [-0.3, -0.25) is 0 Å². The SMILES string of the molecule is CC(C)(C)OC(=O)N1CCC2(CCn3c(Br)cnc32)C1. The minimum absolute atomic E-state index is 0.0168. The van der Waals surface area contributed by atoms with E-state index in [4.69, 9.17) is 4.74 Å². The van der Waals surface area contributed by atoms with Gasteiger partial charge in [0, 0.05) is 25.0 Å². The summed E-state index contributed by atoms with van der Waals surface area (Å²) in [5.41, 5.74) is -0.424. The van der Waals surface area contributed by atoms with Gasteiger partial charge in [-0.15, -0.1) is 0 Å². The number of fused-ring (bicyclic) bond motifs is 2. The van der Waals surface area contributed by atoms with Gasteiger partial charge in [-0.1, -0.05) is 0 Å². The zero-order valence-electron chi connectivity index (χ0n) is 12.1. The molecule has 1 spiro atoms. The third-order valence-electron chi connectivity index (χ3n) is 4.10. The summed E-state index contributed by atoms with van der Waals surface area (Å²) in [5.74, 6) is 1.11. The highest BCUT2D eigenvalue weighted by Crippen LogP contribution is 2.43. The molecule has 0 aliphatic carbocycles. The van der Waals surface area contributed by atoms with E-state index < -0.39 is 5.60 Å². The van der Waals surface area contributed by atoms with E-state index in [2.05, 4.69) is 25.5 Å². The van der Waals surface area contributed by atoms with Crippen molar-refractivity contribution in [2.75, 3.05) is 13.1 Å². The fourth-order valence-corrected chi connectivity index (χ4v) is 3.62. The van der Waals surface area contributed by atoms with Crippen molar-refractivity contribution in [2.45, 2.75) is 51.2 Å². The van der Waals surface area contributed by atoms with E-state index in [1.54, 1.807) is 0 Å². The fraction of sp³-hybridized carbons (Fsp3) is 0.714. The first-order chi connectivity index (χ1) is 9.31. The second-order valence-electron chi connectivity index (χ2n) is 6.74. The molecular weight excluding hydrogens is 322 g/mol. The van der Waals surface area contributed by atoms with Crippen LogP contribution in [0.4, 0.5) is 4.79 Å². The minimum atomic E-state index is -0.440. The zero-order valence-corrected chi connectivity index (χ0v) is 13.7. The quantitative estimate of drug-likeness (QED) is 0.728. The van der Waals surface area contributed by atoms with Crippen LogP contribution in [0, 0.1) is 0 Å². The number of rotatable bonds is 0. The van der Waals surface area contributed by atoms with Gasteiger partial charge in [0.1, 0.15) is 16.0 Å². The van der Waals surface area contributed by atoms with Crippen LogP contribution in [0.3, 0.4) is 0 Å². The standard InChI is InChI=1S/C14H20BrN3O2/c1-13(2,3)20-12(19)17-6-4-14(9-17)5-7-18-10(15)8-16-11(14)18/h8H,4-7,9H2,1-3H3. The van der Waals surface area contributed by atoms with Gasteiger partial charge in [0.25, 0.3) is 0 Å². The second kappa shape index (κ2) is 4.48. The number of hydrogen-bond donors (Lipinski definition) is 0. The number of amides is 1. The Bertz CT molecular complexity index is 549. The first-order valence-electron chi connectivity index (χ1n) is 7.00. The number of carbonyl (C=O) groups is 1. The molecule has 0 bridgehead atoms. The number of aromatic nitrogens is 2. The van der Waals surface area contributed by atoms with E-state index >= 15 is 0 Å². The lowest BCUT2D eigenvalue weighted by Gasteiger charge is -2.26. The average Bonchev–Trinajstić information content (AvgIpc) is 2.98. The summed E-state index contributed by atoms with van der Waals surface area (Å²) in [4.78, 5) is 18.5. The monoisotopic (exact) mass is 341 g/mol. The molecule has 0 radical (unpaired) electrons. The van der Waals surface area contributed by atoms with Gasteiger partial charge in [-0.05, 0) is 49.5 Å². The van der Waals surface area contributed by atoms with E-state index in [0.29, 0.717) is 6.54 Å². The lowest BCUT2D eigenvalue weighted by atomic mass is 9.85. The van der Waals surface area contributed by atoms with Crippen molar-refractivity contribution in [3.8, 4) is 0 Å². The van der Waals surface area contributed by atoms with Crippen LogP contribution < -0.4 is 0 Å². The third-order valence-corrected chi connectivity index (χ3v) is 4.73. The minimum Gasteiger partial charge on any atom is -0.444 e. The number of nitrogens with zero attached hydrogens (tertiary/aromatic N) is 3. The summed E-state index contributed by atoms with van der Waals surface area (Å²) >= 11 is 3.53. The van der Waals surface area contributed by atoms with Gasteiger partial charge in [0.05, 0.1) is 6.20 Å². The number of halogens is 1. The van der Waals surface area contributed by atoms with Crippen LogP contribution in [-0.4, -0.2) is 39.2 Å². The molecular formula is C14H20BrN3O2. The number of hydrogen-bond acceptors (Lipinski definition) is 3. The molecule has 6 heteroatoms. The molecule has 2 aliphatic rings. The molecule has 0 aromatic carbocycles. The molecule has 1 aromatic rings. The van der Waals surface area contributed by atoms with Crippen LogP contribution in [0.2, 0.25) is 0 Å². The van der Waals surface area contributed by atoms with Crippen LogP contribution in [0.5, 0.6) is 0 Å². The summed E-state index contributed by atoms with van der Waals surface area (Å²) < 4.78 is 8.70. The van der Waals surface area contributed by atoms with Crippen LogP contribution in [0.15, 0.2) is 10.8 Å². The third kappa shape index (κ3) is 2.24. The van der Waals surface area contributed by atoms with Crippen molar-refractivity contribution in [3.05, 3.63) is 16.6 Å². The first-order valence-corrected chi connectivity index (χ1v) is 7.79. The number of imidazole rings is 1. The summed E-state index contributed by atoms with van der Waals surface area (Å²) in [6.07, 6.45) is 3.66. The fourth-order valence-electron chi connectivity index (χ4n) is 3.17. The predicted octanol–water partition coefficient (Wildman–Crippen LogP) is 2.93. The van der Waals surface area contributed by atoms with Crippen molar-refractivity contribution >= 4 is 22.0 Å². The van der Waals surface area contributed by atoms with E-state index in [1.165, 1.54) is 0 Å². The largest absolute Gasteiger partial charge is 0.444 e. The maximum atomic E-state index is 12.2. The van der Waals surface area contributed by atoms with E-state index in [0.717, 1.165) is 36.4 Å². The Kier molecular flexibility index (Phi) is 3.12. The topological polar surface area (TPSA) is 47.4 Å². The van der Waals surface area contributed by atoms with E-state index in [1.807, 2.05) is 31.9 Å². The molecule has 5 nitrogen and oxygen atoms in total. The molecule has 1 amide bonds. The Labute approximate surface area is 127 Å². The van der Waals surface area contributed by atoms with Gasteiger partial charge in [-0.2, -0.15) is 0 Å². The Morgan fingerprint density at radius 1 is 1.40 bits per heavy atom. The van der Waals surface area contributed by atoms with Gasteiger partial charge >= 0.3 is 6.09 Å². The van der Waals surface area contributed by atoms with Crippen LogP contribution in [0.1, 0.15) is 39.4 Å². The van der Waals surface area contributed by atoms with Crippen molar-refractivity contribution in [2.24, 2.45) is 0 Å². The Balaban J connectivity index is 1.76. The molecule has 2 aliphatic heterocycles. The zero-order chi connectivity index (χ0) is 14.5. The molecule has 20 heavy (non-hydrogen) atoms. The van der Waals surface area contributed by atoms with Gasteiger partial charge in [-0.25, -0.2) is 9.78 Å². The molecule has 1 fully saturated rings. The predicted molar refractivity (Wildman–Crippen MR) is 78.6 cm³/mol. The van der Waals surface area contributed by atoms with Crippen molar-refractivity contribution in [1.82, 2.24) is 14.5 Å². The number of ether oxygens (including phenoxy) is 1. The van der Waals surface area contributed by atoms with Gasteiger partial charge in [0.15, 0.2) is 0 Å². The van der Waals surface area contributed by atoms with Gasteiger partial charge in [0.2, 0.25) is 0 Å². The lowest BCUT2D eigenvalue weighted by Crippen LogP contribution is -2.37. The van der Waals surface area contributed by atoms with Gasteiger partial charge < -0.3 is 14.2 Å². The molecule has 0 saturated carbocycles. The summed E-state index contributed by atoms with van der Waals surface area (Å²) in [6, 6.07) is 0.